The van der Waals surface area contributed by atoms with E-state index in [1.807, 2.05) is 42.5 Å². The van der Waals surface area contributed by atoms with Crippen LogP contribution in [0.4, 0.5) is 0 Å². The van der Waals surface area contributed by atoms with E-state index < -0.39 is 42.4 Å². The Hall–Kier alpha value is -5.84. The maximum absolute atomic E-state index is 13.9. The fourth-order valence-corrected chi connectivity index (χ4v) is 5.77. The molecule has 4 aromatic carbocycles. The molecule has 1 N–H and O–H groups in total. The lowest BCUT2D eigenvalue weighted by atomic mass is 9.98. The van der Waals surface area contributed by atoms with Crippen LogP contribution >= 0.6 is 0 Å². The molecule has 0 radical (unpaired) electrons. The number of para-hydroxylation sites is 1. The summed E-state index contributed by atoms with van der Waals surface area (Å²) < 4.78 is 28.1. The van der Waals surface area contributed by atoms with Gasteiger partial charge in [-0.1, -0.05) is 36.4 Å². The Morgan fingerprint density at radius 3 is 2.24 bits per heavy atom. The first-order valence-corrected chi connectivity index (χ1v) is 16.3. The number of methoxy groups -OCH3 is 2. The minimum absolute atomic E-state index is 0.180. The molecule has 11 heteroatoms. The highest BCUT2D eigenvalue weighted by Crippen LogP contribution is 2.32. The Morgan fingerprint density at radius 2 is 1.52 bits per heavy atom. The van der Waals surface area contributed by atoms with Gasteiger partial charge in [-0.3, -0.25) is 9.59 Å². The van der Waals surface area contributed by atoms with Crippen LogP contribution in [0.1, 0.15) is 53.3 Å². The predicted molar refractivity (Wildman–Crippen MR) is 183 cm³/mol. The van der Waals surface area contributed by atoms with Crippen molar-refractivity contribution in [3.8, 4) is 28.7 Å². The minimum atomic E-state index is -1.13. The number of aryl methyl sites for hydroxylation is 1. The van der Waals surface area contributed by atoms with Crippen molar-refractivity contribution in [1.82, 2.24) is 4.90 Å². The van der Waals surface area contributed by atoms with Crippen molar-refractivity contribution in [3.05, 3.63) is 114 Å². The molecule has 1 aliphatic rings. The van der Waals surface area contributed by atoms with Crippen LogP contribution in [0.15, 0.2) is 97.1 Å². The fraction of sp³-hybridized carbons (Fsp3) is 0.282. The number of ketones is 1. The number of hydrogen-bond acceptors (Lipinski definition) is 9. The third kappa shape index (κ3) is 9.19. The number of likely N-dealkylation sites (tertiary alicyclic amines) is 1. The van der Waals surface area contributed by atoms with E-state index in [1.165, 1.54) is 17.0 Å². The van der Waals surface area contributed by atoms with Crippen molar-refractivity contribution in [2.75, 3.05) is 27.4 Å². The van der Waals surface area contributed by atoms with Gasteiger partial charge >= 0.3 is 11.9 Å². The Kier molecular flexibility index (Phi) is 12.1. The summed E-state index contributed by atoms with van der Waals surface area (Å²) in [5.74, 6) is -0.685. The van der Waals surface area contributed by atoms with Crippen molar-refractivity contribution in [1.29, 1.82) is 0 Å². The zero-order valence-corrected chi connectivity index (χ0v) is 27.9. The summed E-state index contributed by atoms with van der Waals surface area (Å²) in [4.78, 5) is 53.2. The van der Waals surface area contributed by atoms with Gasteiger partial charge in [-0.25, -0.2) is 9.59 Å². The van der Waals surface area contributed by atoms with E-state index in [0.717, 1.165) is 5.56 Å². The molecule has 5 rings (SSSR count). The molecule has 11 nitrogen and oxygen atoms in total. The molecule has 0 spiro atoms. The van der Waals surface area contributed by atoms with Crippen molar-refractivity contribution in [2.45, 2.75) is 44.2 Å². The van der Waals surface area contributed by atoms with Gasteiger partial charge in [0.25, 0.3) is 5.91 Å². The van der Waals surface area contributed by atoms with Crippen molar-refractivity contribution >= 4 is 23.6 Å². The average molecular weight is 682 g/mol. The van der Waals surface area contributed by atoms with E-state index in [4.69, 9.17) is 28.8 Å². The lowest BCUT2D eigenvalue weighted by molar-refractivity contribution is -0.161. The third-order valence-electron chi connectivity index (χ3n) is 8.32. The van der Waals surface area contributed by atoms with Crippen molar-refractivity contribution < 1.29 is 48.0 Å². The van der Waals surface area contributed by atoms with Crippen LogP contribution in [-0.2, 0) is 25.5 Å². The monoisotopic (exact) mass is 681 g/mol. The van der Waals surface area contributed by atoms with E-state index in [9.17, 15) is 19.2 Å². The lowest BCUT2D eigenvalue weighted by Gasteiger charge is -2.34. The van der Waals surface area contributed by atoms with Gasteiger partial charge in [-0.2, -0.15) is 0 Å². The average Bonchev–Trinajstić information content (AvgIpc) is 3.15. The van der Waals surface area contributed by atoms with Gasteiger partial charge in [0.1, 0.15) is 29.4 Å². The van der Waals surface area contributed by atoms with E-state index in [1.54, 1.807) is 56.7 Å². The zero-order chi connectivity index (χ0) is 35.5. The minimum Gasteiger partial charge on any atom is -0.493 e. The van der Waals surface area contributed by atoms with Crippen LogP contribution in [-0.4, -0.2) is 67.0 Å². The number of carbonyl (C=O) groups excluding carboxylic acids is 3. The first-order valence-electron chi connectivity index (χ1n) is 16.3. The van der Waals surface area contributed by atoms with Crippen LogP contribution in [0, 0.1) is 0 Å². The Labute approximate surface area is 290 Å². The number of amides is 1. The van der Waals surface area contributed by atoms with Gasteiger partial charge < -0.3 is 33.7 Å². The summed E-state index contributed by atoms with van der Waals surface area (Å²) in [7, 11) is 3.10. The van der Waals surface area contributed by atoms with Crippen LogP contribution in [0.5, 0.6) is 28.7 Å². The molecule has 0 aromatic heterocycles. The van der Waals surface area contributed by atoms with Crippen molar-refractivity contribution in [3.63, 3.8) is 0 Å². The van der Waals surface area contributed by atoms with Gasteiger partial charge in [-0.15, -0.1) is 0 Å². The molecular weight excluding hydrogens is 642 g/mol. The molecule has 1 aliphatic heterocycles. The summed E-state index contributed by atoms with van der Waals surface area (Å²) in [6.07, 6.45) is 1.70. The topological polar surface area (TPSA) is 138 Å². The number of ether oxygens (including phenoxy) is 5. The highest BCUT2D eigenvalue weighted by molar-refractivity contribution is 6.43. The van der Waals surface area contributed by atoms with E-state index in [2.05, 4.69) is 0 Å². The van der Waals surface area contributed by atoms with Crippen LogP contribution in [0.25, 0.3) is 0 Å². The first-order chi connectivity index (χ1) is 24.2. The third-order valence-corrected chi connectivity index (χ3v) is 8.32. The number of Topliss-reactive ketones (excluding diaryl/α,β-unsaturated/α-hetero) is 1. The van der Waals surface area contributed by atoms with E-state index >= 15 is 0 Å². The second-order valence-corrected chi connectivity index (χ2v) is 11.7. The van der Waals surface area contributed by atoms with Crippen LogP contribution < -0.4 is 18.9 Å². The number of rotatable bonds is 15. The smallest absolute Gasteiger partial charge is 0.341 e. The fourth-order valence-electron chi connectivity index (χ4n) is 5.77. The van der Waals surface area contributed by atoms with Crippen molar-refractivity contribution in [2.24, 2.45) is 0 Å². The number of hydrogen-bond donors (Lipinski definition) is 1. The van der Waals surface area contributed by atoms with E-state index in [0.29, 0.717) is 66.4 Å². The molecule has 1 saturated heterocycles. The highest BCUT2D eigenvalue weighted by Gasteiger charge is 2.37. The molecule has 0 bridgehead atoms. The summed E-state index contributed by atoms with van der Waals surface area (Å²) in [6.45, 7) is -0.302. The maximum atomic E-state index is 13.9. The Morgan fingerprint density at radius 1 is 0.800 bits per heavy atom. The van der Waals surface area contributed by atoms with Crippen LogP contribution in [0.3, 0.4) is 0 Å². The number of carboxylic acids is 1. The van der Waals surface area contributed by atoms with E-state index in [-0.39, 0.29) is 12.1 Å². The quantitative estimate of drug-likeness (QED) is 0.0848. The number of piperidine rings is 1. The number of aliphatic carboxylic acids is 1. The molecule has 260 valence electrons. The van der Waals surface area contributed by atoms with Gasteiger partial charge in [0.15, 0.2) is 18.1 Å². The molecule has 50 heavy (non-hydrogen) atoms. The molecular formula is C39H39NO10. The number of esters is 1. The molecule has 2 atom stereocenters. The highest BCUT2D eigenvalue weighted by atomic mass is 16.5. The standard InChI is InChI=1S/C39H39NO10/c1-46-34-21-15-26(23-35(34)47-2)14-20-33(28-9-8-12-31(24-28)48-25-36(41)42)50-39(45)32-13-6-7-22-40(32)38(44)37(43)27-16-18-30(19-17-27)49-29-10-4-3-5-11-29/h3-5,8-12,15-19,21,23-24,32-33H,6-7,13-14,20,22,25H2,1-2H3,(H,41,42). The lowest BCUT2D eigenvalue weighted by Crippen LogP contribution is -2.51. The number of carboxylic acid groups (broad SMARTS) is 1. The predicted octanol–water partition coefficient (Wildman–Crippen LogP) is 6.44. The molecule has 4 aromatic rings. The Balaban J connectivity index is 1.32. The summed E-state index contributed by atoms with van der Waals surface area (Å²) in [6, 6.07) is 26.7. The van der Waals surface area contributed by atoms with Crippen LogP contribution in [0.2, 0.25) is 0 Å². The molecule has 1 fully saturated rings. The SMILES string of the molecule is COc1ccc(CCC(OC(=O)C2CCCCN2C(=O)C(=O)c2ccc(Oc3ccccc3)cc2)c2cccc(OCC(=O)O)c2)cc1OC. The molecule has 0 aliphatic carbocycles. The number of nitrogens with zero attached hydrogens (tertiary/aromatic N) is 1. The first kappa shape index (κ1) is 35.5. The second kappa shape index (κ2) is 17.0. The maximum Gasteiger partial charge on any atom is 0.341 e. The van der Waals surface area contributed by atoms with Gasteiger partial charge in [0.05, 0.1) is 14.2 Å². The molecule has 0 saturated carbocycles. The number of benzene rings is 4. The largest absolute Gasteiger partial charge is 0.493 e. The van der Waals surface area contributed by atoms with Gasteiger partial charge in [0.2, 0.25) is 5.78 Å². The normalized spacial score (nSPS) is 14.6. The molecule has 1 amide bonds. The summed E-state index contributed by atoms with van der Waals surface area (Å²) in [5.41, 5.74) is 1.67. The Bertz CT molecular complexity index is 1790. The van der Waals surface area contributed by atoms with Gasteiger partial charge in [-0.05, 0) is 104 Å². The summed E-state index contributed by atoms with van der Waals surface area (Å²) in [5, 5.41) is 9.08. The summed E-state index contributed by atoms with van der Waals surface area (Å²) >= 11 is 0. The van der Waals surface area contributed by atoms with Gasteiger partial charge in [0, 0.05) is 12.1 Å². The molecule has 1 heterocycles. The number of carbonyl (C=O) groups is 4. The second-order valence-electron chi connectivity index (χ2n) is 11.7. The zero-order valence-electron chi connectivity index (χ0n) is 27.9. The molecule has 2 unspecified atom stereocenters.